The minimum atomic E-state index is -0.198. The third kappa shape index (κ3) is 4.26. The molecule has 0 bridgehead atoms. The zero-order valence-electron chi connectivity index (χ0n) is 11.9. The van der Waals surface area contributed by atoms with E-state index < -0.39 is 0 Å². The van der Waals surface area contributed by atoms with E-state index >= 15 is 0 Å². The summed E-state index contributed by atoms with van der Waals surface area (Å²) in [5, 5.41) is 0.684. The normalized spacial score (nSPS) is 14.5. The lowest BCUT2D eigenvalue weighted by Crippen LogP contribution is -2.50. The second-order valence-electron chi connectivity index (χ2n) is 4.81. The number of rotatable bonds is 3. The molecule has 2 rings (SSSR count). The number of halogens is 3. The molecular weight excluding hydrogens is 349 g/mol. The van der Waals surface area contributed by atoms with E-state index in [1.807, 2.05) is 0 Å². The Hall–Kier alpha value is -1.01. The van der Waals surface area contributed by atoms with Crippen LogP contribution in [-0.2, 0) is 4.79 Å². The first-order chi connectivity index (χ1) is 10.0. The highest BCUT2D eigenvalue weighted by atomic mass is 35.5. The molecule has 2 N–H and O–H groups in total. The number of benzene rings is 1. The van der Waals surface area contributed by atoms with Crippen molar-refractivity contribution in [1.29, 1.82) is 0 Å². The molecule has 0 aromatic heterocycles. The van der Waals surface area contributed by atoms with Gasteiger partial charge in [0.2, 0.25) is 5.91 Å². The van der Waals surface area contributed by atoms with Crippen LogP contribution in [0.25, 0.3) is 0 Å². The molecule has 2 amide bonds. The first-order valence-electron chi connectivity index (χ1n) is 6.75. The maximum atomic E-state index is 12.5. The zero-order valence-corrected chi connectivity index (χ0v) is 14.3. The summed E-state index contributed by atoms with van der Waals surface area (Å²) < 4.78 is 0. The van der Waals surface area contributed by atoms with Crippen molar-refractivity contribution in [2.75, 3.05) is 32.7 Å². The van der Waals surface area contributed by atoms with E-state index in [1.54, 1.807) is 28.0 Å². The third-order valence-corrected chi connectivity index (χ3v) is 4.08. The van der Waals surface area contributed by atoms with Gasteiger partial charge in [-0.15, -0.1) is 12.4 Å². The van der Waals surface area contributed by atoms with Crippen LogP contribution in [0.1, 0.15) is 16.8 Å². The molecule has 0 radical (unpaired) electrons. The van der Waals surface area contributed by atoms with E-state index in [9.17, 15) is 9.59 Å². The average Bonchev–Trinajstić information content (AvgIpc) is 2.47. The summed E-state index contributed by atoms with van der Waals surface area (Å²) in [5.74, 6) is -0.170. The molecule has 1 aromatic rings. The molecule has 22 heavy (non-hydrogen) atoms. The molecule has 1 saturated heterocycles. The number of nitrogens with two attached hydrogens (primary N) is 1. The number of hydrogen-bond acceptors (Lipinski definition) is 3. The van der Waals surface area contributed by atoms with E-state index in [0.717, 1.165) is 0 Å². The van der Waals surface area contributed by atoms with Crippen LogP contribution in [0.15, 0.2) is 18.2 Å². The largest absolute Gasteiger partial charge is 0.339 e. The van der Waals surface area contributed by atoms with Gasteiger partial charge in [0.05, 0.1) is 15.6 Å². The van der Waals surface area contributed by atoms with Crippen LogP contribution in [0.4, 0.5) is 0 Å². The second-order valence-corrected chi connectivity index (χ2v) is 5.62. The fraction of sp³-hybridized carbons (Fsp3) is 0.429. The molecule has 0 atom stereocenters. The minimum absolute atomic E-state index is 0. The van der Waals surface area contributed by atoms with Gasteiger partial charge in [-0.25, -0.2) is 0 Å². The van der Waals surface area contributed by atoms with Gasteiger partial charge in [-0.05, 0) is 12.1 Å². The summed E-state index contributed by atoms with van der Waals surface area (Å²) >= 11 is 12.1. The van der Waals surface area contributed by atoms with Crippen LogP contribution in [0.2, 0.25) is 10.0 Å². The van der Waals surface area contributed by atoms with Crippen molar-refractivity contribution in [3.8, 4) is 0 Å². The van der Waals surface area contributed by atoms with Crippen molar-refractivity contribution in [2.45, 2.75) is 6.42 Å². The Kier molecular flexibility index (Phi) is 7.42. The van der Waals surface area contributed by atoms with E-state index in [4.69, 9.17) is 28.9 Å². The molecule has 0 aliphatic carbocycles. The van der Waals surface area contributed by atoms with Crippen LogP contribution >= 0.6 is 35.6 Å². The first-order valence-corrected chi connectivity index (χ1v) is 7.51. The second kappa shape index (κ2) is 8.58. The Morgan fingerprint density at radius 2 is 1.55 bits per heavy atom. The van der Waals surface area contributed by atoms with Gasteiger partial charge in [-0.2, -0.15) is 0 Å². The SMILES string of the molecule is Cl.NCCC(=O)N1CCN(C(=O)c2c(Cl)cccc2Cl)CC1. The van der Waals surface area contributed by atoms with Gasteiger partial charge < -0.3 is 15.5 Å². The smallest absolute Gasteiger partial charge is 0.257 e. The van der Waals surface area contributed by atoms with Crippen LogP contribution in [0.5, 0.6) is 0 Å². The van der Waals surface area contributed by atoms with Crippen molar-refractivity contribution in [3.63, 3.8) is 0 Å². The lowest BCUT2D eigenvalue weighted by atomic mass is 10.1. The predicted octanol–water partition coefficient (Wildman–Crippen LogP) is 2.05. The predicted molar refractivity (Wildman–Crippen MR) is 89.9 cm³/mol. The number of carbonyl (C=O) groups is 2. The van der Waals surface area contributed by atoms with Gasteiger partial charge in [0.15, 0.2) is 0 Å². The fourth-order valence-corrected chi connectivity index (χ4v) is 2.86. The Morgan fingerprint density at radius 3 is 2.05 bits per heavy atom. The molecule has 1 aliphatic heterocycles. The Balaban J connectivity index is 0.00000242. The molecular formula is C14H18Cl3N3O2. The highest BCUT2D eigenvalue weighted by Gasteiger charge is 2.26. The number of piperazine rings is 1. The number of carbonyl (C=O) groups excluding carboxylic acids is 2. The van der Waals surface area contributed by atoms with Crippen LogP contribution in [-0.4, -0.2) is 54.3 Å². The molecule has 1 aliphatic rings. The molecule has 1 heterocycles. The third-order valence-electron chi connectivity index (χ3n) is 3.45. The summed E-state index contributed by atoms with van der Waals surface area (Å²) in [7, 11) is 0. The molecule has 0 unspecified atom stereocenters. The number of hydrogen-bond donors (Lipinski definition) is 1. The summed E-state index contributed by atoms with van der Waals surface area (Å²) in [6, 6.07) is 4.98. The van der Waals surface area contributed by atoms with Gasteiger partial charge in [0.1, 0.15) is 0 Å². The molecule has 0 spiro atoms. The molecule has 1 aromatic carbocycles. The monoisotopic (exact) mass is 365 g/mol. The zero-order chi connectivity index (χ0) is 15.4. The summed E-state index contributed by atoms with van der Waals surface area (Å²) in [5.41, 5.74) is 5.70. The van der Waals surface area contributed by atoms with Crippen molar-refractivity contribution in [3.05, 3.63) is 33.8 Å². The van der Waals surface area contributed by atoms with E-state index in [2.05, 4.69) is 0 Å². The quantitative estimate of drug-likeness (QED) is 0.890. The highest BCUT2D eigenvalue weighted by Crippen LogP contribution is 2.26. The average molecular weight is 367 g/mol. The highest BCUT2D eigenvalue weighted by molar-refractivity contribution is 6.39. The van der Waals surface area contributed by atoms with E-state index in [-0.39, 0.29) is 24.2 Å². The van der Waals surface area contributed by atoms with Crippen LogP contribution in [0.3, 0.4) is 0 Å². The molecule has 0 saturated carbocycles. The van der Waals surface area contributed by atoms with Gasteiger partial charge in [-0.3, -0.25) is 9.59 Å². The van der Waals surface area contributed by atoms with E-state index in [1.165, 1.54) is 0 Å². The van der Waals surface area contributed by atoms with Gasteiger partial charge in [-0.1, -0.05) is 29.3 Å². The van der Waals surface area contributed by atoms with Crippen molar-refractivity contribution < 1.29 is 9.59 Å². The summed E-state index contributed by atoms with van der Waals surface area (Å²) in [6.07, 6.45) is 0.338. The number of nitrogens with zero attached hydrogens (tertiary/aromatic N) is 2. The molecule has 1 fully saturated rings. The van der Waals surface area contributed by atoms with Crippen molar-refractivity contribution in [2.24, 2.45) is 5.73 Å². The minimum Gasteiger partial charge on any atom is -0.339 e. The van der Waals surface area contributed by atoms with Crippen molar-refractivity contribution in [1.82, 2.24) is 9.80 Å². The standard InChI is InChI=1S/C14H17Cl2N3O2.ClH/c15-10-2-1-3-11(16)13(10)14(21)19-8-6-18(7-9-19)12(20)4-5-17;/h1-3H,4-9,17H2;1H. The molecule has 5 nitrogen and oxygen atoms in total. The van der Waals surface area contributed by atoms with Crippen LogP contribution < -0.4 is 5.73 Å². The Morgan fingerprint density at radius 1 is 1.05 bits per heavy atom. The Bertz CT molecular complexity index is 526. The molecule has 8 heteroatoms. The van der Waals surface area contributed by atoms with E-state index in [0.29, 0.717) is 54.8 Å². The lowest BCUT2D eigenvalue weighted by Gasteiger charge is -2.35. The molecule has 122 valence electrons. The van der Waals surface area contributed by atoms with Gasteiger partial charge >= 0.3 is 0 Å². The maximum absolute atomic E-state index is 12.5. The lowest BCUT2D eigenvalue weighted by molar-refractivity contribution is -0.132. The Labute approximate surface area is 145 Å². The fourth-order valence-electron chi connectivity index (χ4n) is 2.30. The maximum Gasteiger partial charge on any atom is 0.257 e. The van der Waals surface area contributed by atoms with Gasteiger partial charge in [0.25, 0.3) is 5.91 Å². The summed E-state index contributed by atoms with van der Waals surface area (Å²) in [4.78, 5) is 27.6. The summed E-state index contributed by atoms with van der Waals surface area (Å²) in [6.45, 7) is 2.29. The van der Waals surface area contributed by atoms with Crippen molar-refractivity contribution >= 4 is 47.4 Å². The number of amides is 2. The van der Waals surface area contributed by atoms with Gasteiger partial charge in [0, 0.05) is 39.1 Å². The van der Waals surface area contributed by atoms with Crippen LogP contribution in [0, 0.1) is 0 Å². The first kappa shape index (κ1) is 19.0. The topological polar surface area (TPSA) is 66.6 Å².